The minimum absolute atomic E-state index is 0. The molecule has 5 heterocycles. The average molecular weight is 983 g/mol. The lowest BCUT2D eigenvalue weighted by Crippen LogP contribution is -2.01. The molecule has 0 amide bonds. The van der Waals surface area contributed by atoms with E-state index in [0.717, 1.165) is 65.2 Å². The van der Waals surface area contributed by atoms with Crippen LogP contribution >= 0.6 is 0 Å². The third kappa shape index (κ3) is 13.6. The first-order valence-electron chi connectivity index (χ1n) is 23.8. The Balaban J connectivity index is 0.000000157. The van der Waals surface area contributed by atoms with E-state index in [2.05, 4.69) is 199 Å². The van der Waals surface area contributed by atoms with Gasteiger partial charge in [0.2, 0.25) is 0 Å². The van der Waals surface area contributed by atoms with Crippen LogP contribution in [0.1, 0.15) is 64.8 Å². The van der Waals surface area contributed by atoms with E-state index in [1.54, 1.807) is 0 Å². The second-order valence-electron chi connectivity index (χ2n) is 16.9. The molecule has 0 radical (unpaired) electrons. The molecule has 3 aliphatic heterocycles. The monoisotopic (exact) mass is 983 g/mol. The predicted octanol–water partition coefficient (Wildman–Crippen LogP) is 17.2. The van der Waals surface area contributed by atoms with Gasteiger partial charge in [0, 0.05) is 48.0 Å². The molecule has 0 N–H and O–H groups in total. The van der Waals surface area contributed by atoms with Crippen LogP contribution in [0.5, 0.6) is 0 Å². The maximum absolute atomic E-state index is 4.82. The highest BCUT2D eigenvalue weighted by Crippen LogP contribution is 2.32. The van der Waals surface area contributed by atoms with E-state index in [1.165, 1.54) is 74.7 Å². The topological polar surface area (TPSA) is 93.6 Å². The zero-order chi connectivity index (χ0) is 47.9. The van der Waals surface area contributed by atoms with Crippen LogP contribution < -0.4 is 0 Å². The van der Waals surface area contributed by atoms with E-state index in [0.29, 0.717) is 0 Å². The van der Waals surface area contributed by atoms with Crippen molar-refractivity contribution in [2.24, 2.45) is 15.0 Å². The molecule has 1 aliphatic carbocycles. The number of nitrogens with zero attached hydrogens (tertiary/aromatic N) is 8. The van der Waals surface area contributed by atoms with E-state index in [-0.39, 0.29) is 29.7 Å². The number of benzene rings is 8. The lowest BCUT2D eigenvalue weighted by Gasteiger charge is -2.09. The van der Waals surface area contributed by atoms with Gasteiger partial charge in [0.25, 0.3) is 0 Å². The van der Waals surface area contributed by atoms with Gasteiger partial charge in [-0.05, 0) is 75.9 Å². The molecule has 14 rings (SSSR count). The Morgan fingerprint density at radius 2 is 0.973 bits per heavy atom. The van der Waals surface area contributed by atoms with Gasteiger partial charge in [0.05, 0.1) is 33.8 Å². The van der Waals surface area contributed by atoms with Gasteiger partial charge >= 0.3 is 0 Å². The summed E-state index contributed by atoms with van der Waals surface area (Å²) >= 11 is 0. The van der Waals surface area contributed by atoms with Gasteiger partial charge in [0.15, 0.2) is 0 Å². The van der Waals surface area contributed by atoms with Crippen LogP contribution in [-0.2, 0) is 12.8 Å². The first kappa shape index (κ1) is 55.1. The maximum Gasteiger partial charge on any atom is 0.145 e. The fourth-order valence-corrected chi connectivity index (χ4v) is 8.78. The van der Waals surface area contributed by atoms with Crippen LogP contribution in [0.25, 0.3) is 38.9 Å². The van der Waals surface area contributed by atoms with Crippen molar-refractivity contribution in [2.75, 3.05) is 0 Å². The SMILES string of the molecule is C.C.C.C.C1=CCC(C2=Nc3ccccc3C2)=C1.C1=CN=C(c2ccccc2)C1.c1ccc(-c2nc3ccccc3n2-c2ccccc2)cc1.c1ccc2c(c1)CC(c1cccc3ccccc13)=N2.c1ncncn1. The molecular weight excluding hydrogens is 917 g/mol. The number of imidazole rings is 1. The molecule has 75 heavy (non-hydrogen) atoms. The van der Waals surface area contributed by atoms with Crippen molar-refractivity contribution in [3.05, 3.63) is 284 Å². The summed E-state index contributed by atoms with van der Waals surface area (Å²) in [7, 11) is 0. The van der Waals surface area contributed by atoms with Gasteiger partial charge in [-0.2, -0.15) is 0 Å². The second kappa shape index (κ2) is 27.5. The van der Waals surface area contributed by atoms with Gasteiger partial charge in [-0.25, -0.2) is 19.9 Å². The number of hydrogen-bond donors (Lipinski definition) is 0. The van der Waals surface area contributed by atoms with Crippen molar-refractivity contribution in [1.29, 1.82) is 0 Å². The second-order valence-corrected chi connectivity index (χ2v) is 16.9. The number of rotatable bonds is 5. The van der Waals surface area contributed by atoms with Crippen molar-refractivity contribution < 1.29 is 0 Å². The number of para-hydroxylation sites is 5. The molecule has 374 valence electrons. The summed E-state index contributed by atoms with van der Waals surface area (Å²) in [6.07, 6.45) is 18.7. The number of fused-ring (bicyclic) bond motifs is 4. The van der Waals surface area contributed by atoms with Crippen molar-refractivity contribution >= 4 is 50.3 Å². The molecule has 2 aromatic heterocycles. The Morgan fingerprint density at radius 1 is 0.427 bits per heavy atom. The molecule has 8 heteroatoms. The summed E-state index contributed by atoms with van der Waals surface area (Å²) in [5.41, 5.74) is 16.8. The Kier molecular flexibility index (Phi) is 20.2. The number of aliphatic imine (C=N–C) groups is 3. The number of allylic oxidation sites excluding steroid dienone is 5. The van der Waals surface area contributed by atoms with Gasteiger partial charge in [-0.15, -0.1) is 0 Å². The first-order valence-corrected chi connectivity index (χ1v) is 23.8. The number of aromatic nitrogens is 5. The van der Waals surface area contributed by atoms with Gasteiger partial charge in [-0.1, -0.05) is 224 Å². The number of hydrogen-bond acceptors (Lipinski definition) is 7. The Hall–Kier alpha value is -9.27. The molecule has 0 bridgehead atoms. The standard InChI is InChI=1S/C19H14N2.C18H13N.C13H11N.C10H9N.C3H3N3.4CH4/c1-3-9-15(10-4-1)19-20-17-13-7-8-14-18(17)21(19)16-11-5-2-6-12-16;1-3-9-15-13(6-1)8-5-10-16(15)18-12-14-7-2-4-11-17(14)19-18;1-2-6-10(5-1)13-9-11-7-3-4-8-12(11)14-13;1-2-5-9(6-3-1)10-7-4-8-11-10;1-4-2-6-3-5-1;;;;/h1-14H;1-11H,12H2;1-5,7-8H,6,9H2;1-6,8H,7H2;1-3H;4*1H4. The van der Waals surface area contributed by atoms with Crippen molar-refractivity contribution in [3.63, 3.8) is 0 Å². The Labute approximate surface area is 443 Å². The summed E-state index contributed by atoms with van der Waals surface area (Å²) in [6.45, 7) is 0. The molecule has 8 aromatic carbocycles. The van der Waals surface area contributed by atoms with E-state index < -0.39 is 0 Å². The Morgan fingerprint density at radius 3 is 1.59 bits per heavy atom. The first-order chi connectivity index (χ1) is 35.2. The molecule has 0 fully saturated rings. The van der Waals surface area contributed by atoms with E-state index in [9.17, 15) is 0 Å². The minimum Gasteiger partial charge on any atom is -0.292 e. The van der Waals surface area contributed by atoms with Crippen LogP contribution in [0.2, 0.25) is 0 Å². The lowest BCUT2D eigenvalue weighted by molar-refractivity contribution is 1.05. The summed E-state index contributed by atoms with van der Waals surface area (Å²) in [5.74, 6) is 0.975. The van der Waals surface area contributed by atoms with Crippen LogP contribution in [0, 0.1) is 0 Å². The third-order valence-corrected chi connectivity index (χ3v) is 12.2. The molecule has 10 aromatic rings. The quantitative estimate of drug-likeness (QED) is 0.172. The van der Waals surface area contributed by atoms with Crippen LogP contribution in [0.4, 0.5) is 11.4 Å². The molecule has 8 nitrogen and oxygen atoms in total. The van der Waals surface area contributed by atoms with Crippen LogP contribution in [0.3, 0.4) is 0 Å². The summed E-state index contributed by atoms with van der Waals surface area (Å²) in [6, 6.07) is 70.9. The molecular formula is C67H66N8. The van der Waals surface area contributed by atoms with Crippen molar-refractivity contribution in [1.82, 2.24) is 24.5 Å². The smallest absolute Gasteiger partial charge is 0.145 e. The lowest BCUT2D eigenvalue weighted by atomic mass is 9.98. The minimum atomic E-state index is 0. The van der Waals surface area contributed by atoms with Crippen molar-refractivity contribution in [3.8, 4) is 17.1 Å². The predicted molar refractivity (Wildman–Crippen MR) is 319 cm³/mol. The molecule has 0 saturated heterocycles. The summed E-state index contributed by atoms with van der Waals surface area (Å²) < 4.78 is 2.21. The van der Waals surface area contributed by atoms with E-state index in [4.69, 9.17) is 9.98 Å². The van der Waals surface area contributed by atoms with Gasteiger partial charge in [-0.3, -0.25) is 19.5 Å². The summed E-state index contributed by atoms with van der Waals surface area (Å²) in [5, 5.41) is 2.57. The fourth-order valence-electron chi connectivity index (χ4n) is 8.78. The normalized spacial score (nSPS) is 12.6. The zero-order valence-electron chi connectivity index (χ0n) is 39.2. The molecule has 0 atom stereocenters. The molecule has 0 spiro atoms. The Bertz CT molecular complexity index is 3540. The van der Waals surface area contributed by atoms with Crippen molar-refractivity contribution in [2.45, 2.75) is 55.4 Å². The van der Waals surface area contributed by atoms with E-state index in [1.807, 2.05) is 66.9 Å². The molecule has 0 unspecified atom stereocenters. The third-order valence-electron chi connectivity index (χ3n) is 12.2. The zero-order valence-corrected chi connectivity index (χ0v) is 39.2. The van der Waals surface area contributed by atoms with Crippen LogP contribution in [0.15, 0.2) is 276 Å². The van der Waals surface area contributed by atoms with Crippen LogP contribution in [-0.4, -0.2) is 41.6 Å². The highest BCUT2D eigenvalue weighted by molar-refractivity contribution is 6.14. The highest BCUT2D eigenvalue weighted by Gasteiger charge is 2.19. The largest absolute Gasteiger partial charge is 0.292 e. The van der Waals surface area contributed by atoms with Gasteiger partial charge in [0.1, 0.15) is 24.8 Å². The maximum atomic E-state index is 4.82. The molecule has 4 aliphatic rings. The average Bonchev–Trinajstić information content (AvgIpc) is 4.33. The fraction of sp³-hybridized carbons (Fsp3) is 0.119. The molecule has 0 saturated carbocycles. The summed E-state index contributed by atoms with van der Waals surface area (Å²) in [4.78, 5) is 29.2. The van der Waals surface area contributed by atoms with E-state index >= 15 is 0 Å². The van der Waals surface area contributed by atoms with Gasteiger partial charge < -0.3 is 0 Å². The highest BCUT2D eigenvalue weighted by atomic mass is 15.1.